The van der Waals surface area contributed by atoms with Gasteiger partial charge in [-0.1, -0.05) is 152 Å². The molecule has 57 heavy (non-hydrogen) atoms. The second-order valence-corrected chi connectivity index (χ2v) is 15.1. The Kier molecular flexibility index (Phi) is 6.96. The van der Waals surface area contributed by atoms with E-state index in [2.05, 4.69) is 198 Å². The summed E-state index contributed by atoms with van der Waals surface area (Å²) in [4.78, 5) is 6.71. The van der Waals surface area contributed by atoms with Gasteiger partial charge in [0.1, 0.15) is 0 Å². The number of benzene rings is 9. The third-order valence-electron chi connectivity index (χ3n) is 12.1. The Morgan fingerprint density at radius 3 is 1.07 bits per heavy atom. The zero-order valence-electron chi connectivity index (χ0n) is 31.0. The highest BCUT2D eigenvalue weighted by molar-refractivity contribution is 6.20. The molecule has 0 spiro atoms. The smallest absolute Gasteiger partial charge is 0.0462 e. The van der Waals surface area contributed by atoms with Crippen LogP contribution in [0.2, 0.25) is 0 Å². The van der Waals surface area contributed by atoms with Crippen molar-refractivity contribution < 1.29 is 0 Å². The van der Waals surface area contributed by atoms with Gasteiger partial charge in [0.25, 0.3) is 0 Å². The summed E-state index contributed by atoms with van der Waals surface area (Å²) >= 11 is 0. The van der Waals surface area contributed by atoms with Gasteiger partial charge in [-0.25, -0.2) is 0 Å². The van der Waals surface area contributed by atoms with Gasteiger partial charge >= 0.3 is 0 Å². The van der Waals surface area contributed by atoms with Crippen LogP contribution in [0.3, 0.4) is 0 Å². The van der Waals surface area contributed by atoms with Gasteiger partial charge < -0.3 is 4.90 Å². The normalized spacial score (nSPS) is 11.9. The number of hydrogen-bond donors (Lipinski definition) is 0. The first-order valence-corrected chi connectivity index (χ1v) is 19.6. The van der Waals surface area contributed by atoms with E-state index in [1.54, 1.807) is 0 Å². The third-order valence-corrected chi connectivity index (χ3v) is 12.1. The van der Waals surface area contributed by atoms with Gasteiger partial charge in [0.15, 0.2) is 0 Å². The molecule has 1 heterocycles. The van der Waals surface area contributed by atoms with Crippen LogP contribution in [-0.4, -0.2) is 4.98 Å². The van der Waals surface area contributed by atoms with Crippen LogP contribution in [0.5, 0.6) is 0 Å². The van der Waals surface area contributed by atoms with Crippen LogP contribution in [0.15, 0.2) is 207 Å². The summed E-state index contributed by atoms with van der Waals surface area (Å²) in [6.07, 6.45) is 3.74. The topological polar surface area (TPSA) is 16.1 Å². The minimum absolute atomic E-state index is 1.09. The van der Waals surface area contributed by atoms with Crippen molar-refractivity contribution in [3.63, 3.8) is 0 Å². The van der Waals surface area contributed by atoms with E-state index in [0.717, 1.165) is 28.2 Å². The highest BCUT2D eigenvalue weighted by Gasteiger charge is 2.24. The van der Waals surface area contributed by atoms with Crippen molar-refractivity contribution in [2.45, 2.75) is 0 Å². The Bertz CT molecular complexity index is 2960. The maximum atomic E-state index is 4.35. The molecule has 0 bridgehead atoms. The molecule has 2 aliphatic carbocycles. The highest BCUT2D eigenvalue weighted by atomic mass is 15.1. The minimum Gasteiger partial charge on any atom is -0.311 e. The Labute approximate surface area is 331 Å². The van der Waals surface area contributed by atoms with Crippen molar-refractivity contribution in [1.29, 1.82) is 0 Å². The van der Waals surface area contributed by atoms with Gasteiger partial charge in [0.2, 0.25) is 0 Å². The molecular weight excluding hydrogens is 689 g/mol. The van der Waals surface area contributed by atoms with Gasteiger partial charge in [-0.05, 0) is 142 Å². The molecule has 0 radical (unpaired) electrons. The Balaban J connectivity index is 0.943. The number of hydrogen-bond acceptors (Lipinski definition) is 2. The maximum absolute atomic E-state index is 4.35. The summed E-state index contributed by atoms with van der Waals surface area (Å²) in [5, 5.41) is 5.28. The van der Waals surface area contributed by atoms with Crippen molar-refractivity contribution in [1.82, 2.24) is 4.98 Å². The second-order valence-electron chi connectivity index (χ2n) is 15.1. The van der Waals surface area contributed by atoms with Crippen LogP contribution in [0.25, 0.3) is 99.4 Å². The Hall–Kier alpha value is -7.55. The highest BCUT2D eigenvalue weighted by Crippen LogP contribution is 2.51. The van der Waals surface area contributed by atoms with Crippen LogP contribution in [-0.2, 0) is 0 Å². The predicted molar refractivity (Wildman–Crippen MR) is 239 cm³/mol. The lowest BCUT2D eigenvalue weighted by molar-refractivity contribution is 1.28. The molecule has 10 aromatic rings. The van der Waals surface area contributed by atoms with Crippen molar-refractivity contribution in [3.05, 3.63) is 207 Å². The van der Waals surface area contributed by atoms with Crippen molar-refractivity contribution in [3.8, 4) is 77.9 Å². The van der Waals surface area contributed by atoms with Crippen molar-refractivity contribution in [2.24, 2.45) is 0 Å². The molecule has 1 aromatic heterocycles. The van der Waals surface area contributed by atoms with Crippen LogP contribution in [0.4, 0.5) is 17.1 Å². The number of aromatic nitrogens is 1. The molecule has 2 heteroatoms. The number of rotatable bonds is 6. The number of fused-ring (bicyclic) bond motifs is 6. The van der Waals surface area contributed by atoms with Gasteiger partial charge in [0, 0.05) is 29.5 Å². The fraction of sp³-hybridized carbons (Fsp3) is 0. The van der Waals surface area contributed by atoms with Gasteiger partial charge in [-0.15, -0.1) is 0 Å². The van der Waals surface area contributed by atoms with E-state index in [4.69, 9.17) is 0 Å². The quantitative estimate of drug-likeness (QED) is 0.170. The summed E-state index contributed by atoms with van der Waals surface area (Å²) in [5.74, 6) is 0. The van der Waals surface area contributed by atoms with E-state index in [1.807, 2.05) is 18.5 Å². The fourth-order valence-corrected chi connectivity index (χ4v) is 9.48. The molecule has 0 amide bonds. The molecule has 0 saturated carbocycles. The molecule has 0 fully saturated rings. The van der Waals surface area contributed by atoms with E-state index < -0.39 is 0 Å². The minimum atomic E-state index is 1.09. The Morgan fingerprint density at radius 2 is 0.649 bits per heavy atom. The summed E-state index contributed by atoms with van der Waals surface area (Å²) < 4.78 is 0. The van der Waals surface area contributed by atoms with E-state index in [1.165, 1.54) is 88.3 Å². The largest absolute Gasteiger partial charge is 0.311 e. The lowest BCUT2D eigenvalue weighted by Crippen LogP contribution is -2.09. The number of pyridine rings is 1. The van der Waals surface area contributed by atoms with Crippen LogP contribution in [0, 0.1) is 0 Å². The van der Waals surface area contributed by atoms with E-state index in [9.17, 15) is 0 Å². The SMILES string of the molecule is c1cncc(-c2ccc(N(c3ccc(-c4ccc5c6c(cccc46)-c4ccccc4-5)cc3)c3ccc(-c4ccc5c6c(cccc46)-c4ccccc4-5)cc3)cc2)c1. The fourth-order valence-electron chi connectivity index (χ4n) is 9.48. The van der Waals surface area contributed by atoms with Gasteiger partial charge in [-0.2, -0.15) is 0 Å². The molecule has 0 aliphatic heterocycles. The van der Waals surface area contributed by atoms with Crippen LogP contribution in [0.1, 0.15) is 0 Å². The number of nitrogens with zero attached hydrogens (tertiary/aromatic N) is 2. The summed E-state index contributed by atoms with van der Waals surface area (Å²) in [5.41, 5.74) is 21.0. The summed E-state index contributed by atoms with van der Waals surface area (Å²) in [6, 6.07) is 71.3. The molecule has 2 aliphatic rings. The molecular formula is C55H34N2. The first-order chi connectivity index (χ1) is 28.3. The second kappa shape index (κ2) is 12.5. The molecule has 0 atom stereocenters. The first kappa shape index (κ1) is 31.8. The molecule has 264 valence electrons. The average molecular weight is 723 g/mol. The molecule has 9 aromatic carbocycles. The van der Waals surface area contributed by atoms with Crippen molar-refractivity contribution >= 4 is 38.6 Å². The Morgan fingerprint density at radius 1 is 0.263 bits per heavy atom. The molecule has 0 unspecified atom stereocenters. The standard InChI is InChI=1S/C55H34N2/c1-3-11-46-44(9-1)50-15-5-13-48-42(29-31-52(46)54(48)50)36-19-25-40(26-20-36)57(39-23-17-35(18-24-39)38-8-7-33-56-34-38)41-27-21-37(22-28-41)43-30-32-53-47-12-4-2-10-45(47)51-16-6-14-49(43)55(51)53/h1-34H. The predicted octanol–water partition coefficient (Wildman–Crippen LogP) is 15.2. The molecule has 2 nitrogen and oxygen atoms in total. The molecule has 12 rings (SSSR count). The monoisotopic (exact) mass is 722 g/mol. The van der Waals surface area contributed by atoms with Gasteiger partial charge in [-0.3, -0.25) is 4.98 Å². The van der Waals surface area contributed by atoms with Gasteiger partial charge in [0.05, 0.1) is 0 Å². The van der Waals surface area contributed by atoms with Crippen LogP contribution < -0.4 is 4.90 Å². The van der Waals surface area contributed by atoms with E-state index in [0.29, 0.717) is 0 Å². The maximum Gasteiger partial charge on any atom is 0.0462 e. The zero-order chi connectivity index (χ0) is 37.5. The number of anilines is 3. The third kappa shape index (κ3) is 4.87. The summed E-state index contributed by atoms with van der Waals surface area (Å²) in [6.45, 7) is 0. The first-order valence-electron chi connectivity index (χ1n) is 19.6. The lowest BCUT2D eigenvalue weighted by Gasteiger charge is -2.26. The summed E-state index contributed by atoms with van der Waals surface area (Å²) in [7, 11) is 0. The average Bonchev–Trinajstić information content (AvgIpc) is 3.80. The zero-order valence-corrected chi connectivity index (χ0v) is 31.0. The molecule has 0 N–H and O–H groups in total. The van der Waals surface area contributed by atoms with Crippen LogP contribution >= 0.6 is 0 Å². The lowest BCUT2D eigenvalue weighted by atomic mass is 9.94. The van der Waals surface area contributed by atoms with E-state index in [-0.39, 0.29) is 0 Å². The van der Waals surface area contributed by atoms with Crippen molar-refractivity contribution in [2.75, 3.05) is 4.90 Å². The molecule has 0 saturated heterocycles. The van der Waals surface area contributed by atoms with E-state index >= 15 is 0 Å².